The van der Waals surface area contributed by atoms with Gasteiger partial charge in [0.1, 0.15) is 0 Å². The van der Waals surface area contributed by atoms with Crippen molar-refractivity contribution in [2.75, 3.05) is 12.0 Å². The molecule has 0 aromatic heterocycles. The summed E-state index contributed by atoms with van der Waals surface area (Å²) in [7, 11) is 1.26. The molecule has 0 unspecified atom stereocenters. The molecule has 1 atom stereocenters. The zero-order chi connectivity index (χ0) is 20.3. The molecule has 0 aliphatic carbocycles. The Kier molecular flexibility index (Phi) is 5.65. The van der Waals surface area contributed by atoms with Crippen LogP contribution in [-0.2, 0) is 14.3 Å². The number of urea groups is 1. The average molecular weight is 444 g/mol. The second kappa shape index (κ2) is 8.13. The zero-order valence-corrected chi connectivity index (χ0v) is 16.2. The summed E-state index contributed by atoms with van der Waals surface area (Å²) in [5.74, 6) is -3.31. The van der Waals surface area contributed by atoms with Gasteiger partial charge >= 0.3 is 12.0 Å². The summed E-state index contributed by atoms with van der Waals surface area (Å²) in [6, 6.07) is 11.9. The Morgan fingerprint density at radius 2 is 1.89 bits per heavy atom. The molecule has 2 aromatic rings. The van der Waals surface area contributed by atoms with E-state index in [1.54, 1.807) is 42.5 Å². The molecule has 4 amide bonds. The van der Waals surface area contributed by atoms with E-state index in [9.17, 15) is 19.2 Å². The highest BCUT2D eigenvalue weighted by molar-refractivity contribution is 9.10. The van der Waals surface area contributed by atoms with Crippen LogP contribution in [0.5, 0.6) is 0 Å². The van der Waals surface area contributed by atoms with Crippen molar-refractivity contribution in [2.45, 2.75) is 0 Å². The number of hydrogen-bond acceptors (Lipinski definition) is 6. The van der Waals surface area contributed by atoms with Crippen LogP contribution in [-0.4, -0.2) is 37.1 Å². The predicted octanol–water partition coefficient (Wildman–Crippen LogP) is 2.84. The van der Waals surface area contributed by atoms with E-state index >= 15 is 0 Å². The molecule has 28 heavy (non-hydrogen) atoms. The van der Waals surface area contributed by atoms with E-state index in [0.717, 1.165) is 15.6 Å². The van der Waals surface area contributed by atoms with Gasteiger partial charge in [-0.3, -0.25) is 19.9 Å². The molecule has 1 N–H and O–H groups in total. The third-order valence-electron chi connectivity index (χ3n) is 3.93. The summed E-state index contributed by atoms with van der Waals surface area (Å²) in [5.41, 5.74) is 0.961. The summed E-state index contributed by atoms with van der Waals surface area (Å²) in [5, 5.41) is 2.15. The zero-order valence-electron chi connectivity index (χ0n) is 14.6. The van der Waals surface area contributed by atoms with Gasteiger partial charge in [0.25, 0.3) is 5.91 Å². The fourth-order valence-electron chi connectivity index (χ4n) is 2.55. The number of amides is 4. The van der Waals surface area contributed by atoms with Crippen molar-refractivity contribution >= 4 is 57.3 Å². The van der Waals surface area contributed by atoms with E-state index in [2.05, 4.69) is 31.0 Å². The molecule has 0 spiro atoms. The van der Waals surface area contributed by atoms with Gasteiger partial charge in [0, 0.05) is 10.7 Å². The number of carbonyl (C=O) groups is 4. The highest BCUT2D eigenvalue weighted by Gasteiger charge is 2.40. The molecule has 1 saturated heterocycles. The third kappa shape index (κ3) is 3.99. The number of imide groups is 2. The lowest BCUT2D eigenvalue weighted by atomic mass is 10.1. The van der Waals surface area contributed by atoms with Crippen LogP contribution in [0.3, 0.4) is 0 Å². The van der Waals surface area contributed by atoms with Gasteiger partial charge in [-0.05, 0) is 42.5 Å². The molecular formula is C19H14BrN3O5. The lowest BCUT2D eigenvalue weighted by Gasteiger charge is -2.28. The summed E-state index contributed by atoms with van der Waals surface area (Å²) in [6.07, 6.45) is 1.15. The maximum Gasteiger partial charge on any atom is 0.337 e. The van der Waals surface area contributed by atoms with Crippen LogP contribution in [0.15, 0.2) is 58.0 Å². The van der Waals surface area contributed by atoms with Crippen molar-refractivity contribution in [3.63, 3.8) is 0 Å². The van der Waals surface area contributed by atoms with Gasteiger partial charge in [-0.25, -0.2) is 14.5 Å². The summed E-state index contributed by atoms with van der Waals surface area (Å²) in [4.78, 5) is 53.6. The lowest BCUT2D eigenvalue weighted by molar-refractivity contribution is -0.131. The highest BCUT2D eigenvalue weighted by Crippen LogP contribution is 2.23. The smallest absolute Gasteiger partial charge is 0.337 e. The molecule has 0 radical (unpaired) electrons. The number of anilines is 1. The minimum atomic E-state index is -1.29. The molecule has 142 valence electrons. The Bertz CT molecular complexity index is 987. The maximum absolute atomic E-state index is 12.7. The Morgan fingerprint density at radius 1 is 1.18 bits per heavy atom. The number of rotatable bonds is 4. The second-order valence-corrected chi connectivity index (χ2v) is 6.66. The first-order chi connectivity index (χ1) is 13.4. The summed E-state index contributed by atoms with van der Waals surface area (Å²) < 4.78 is 5.43. The molecule has 1 heterocycles. The van der Waals surface area contributed by atoms with Gasteiger partial charge in [0.15, 0.2) is 5.92 Å². The third-order valence-corrected chi connectivity index (χ3v) is 4.46. The largest absolute Gasteiger partial charge is 0.465 e. The van der Waals surface area contributed by atoms with E-state index in [1.165, 1.54) is 13.2 Å². The fourth-order valence-corrected chi connectivity index (χ4v) is 2.81. The Hall–Kier alpha value is -3.33. The average Bonchev–Trinajstić information content (AvgIpc) is 2.68. The number of esters is 1. The van der Waals surface area contributed by atoms with E-state index in [1.807, 2.05) is 0 Å². The number of benzene rings is 2. The van der Waals surface area contributed by atoms with Gasteiger partial charge in [-0.2, -0.15) is 0 Å². The van der Waals surface area contributed by atoms with Crippen LogP contribution >= 0.6 is 15.9 Å². The SMILES string of the molecule is COC(=O)c1cccc(N=C[C@@H]2C(=O)NC(=O)N(c3ccc(Br)cc3)C2=O)c1. The normalized spacial score (nSPS) is 17.0. The van der Waals surface area contributed by atoms with Crippen LogP contribution < -0.4 is 10.2 Å². The molecule has 8 nitrogen and oxygen atoms in total. The topological polar surface area (TPSA) is 105 Å². The first kappa shape index (κ1) is 19.4. The first-order valence-electron chi connectivity index (χ1n) is 8.07. The van der Waals surface area contributed by atoms with Crippen LogP contribution in [0.4, 0.5) is 16.2 Å². The van der Waals surface area contributed by atoms with Crippen LogP contribution in [0.2, 0.25) is 0 Å². The second-order valence-electron chi connectivity index (χ2n) is 5.74. The monoisotopic (exact) mass is 443 g/mol. The van der Waals surface area contributed by atoms with Crippen LogP contribution in [0.1, 0.15) is 10.4 Å². The number of hydrogen-bond donors (Lipinski definition) is 1. The number of aliphatic imine (C=N–C) groups is 1. The molecule has 1 fully saturated rings. The fraction of sp³-hybridized carbons (Fsp3) is 0.105. The van der Waals surface area contributed by atoms with E-state index < -0.39 is 29.7 Å². The molecular weight excluding hydrogens is 430 g/mol. The van der Waals surface area contributed by atoms with Gasteiger partial charge in [-0.15, -0.1) is 0 Å². The number of methoxy groups -OCH3 is 1. The highest BCUT2D eigenvalue weighted by atomic mass is 79.9. The maximum atomic E-state index is 12.7. The number of nitrogens with one attached hydrogen (secondary N) is 1. The number of ether oxygens (including phenoxy) is 1. The molecule has 1 aliphatic rings. The number of nitrogens with zero attached hydrogens (tertiary/aromatic N) is 2. The molecule has 3 rings (SSSR count). The molecule has 0 saturated carbocycles. The van der Waals surface area contributed by atoms with Crippen LogP contribution in [0.25, 0.3) is 0 Å². The van der Waals surface area contributed by atoms with Crippen molar-refractivity contribution < 1.29 is 23.9 Å². The van der Waals surface area contributed by atoms with E-state index in [0.29, 0.717) is 11.4 Å². The summed E-state index contributed by atoms with van der Waals surface area (Å²) in [6.45, 7) is 0. The number of halogens is 1. The lowest BCUT2D eigenvalue weighted by Crippen LogP contribution is -2.58. The van der Waals surface area contributed by atoms with Crippen molar-refractivity contribution in [1.82, 2.24) is 5.32 Å². The quantitative estimate of drug-likeness (QED) is 0.444. The van der Waals surface area contributed by atoms with Gasteiger partial charge in [-0.1, -0.05) is 22.0 Å². The minimum Gasteiger partial charge on any atom is -0.465 e. The van der Waals surface area contributed by atoms with Crippen molar-refractivity contribution in [3.8, 4) is 0 Å². The first-order valence-corrected chi connectivity index (χ1v) is 8.87. The summed E-state index contributed by atoms with van der Waals surface area (Å²) >= 11 is 3.28. The van der Waals surface area contributed by atoms with Crippen molar-refractivity contribution in [3.05, 3.63) is 58.6 Å². The standard InChI is InChI=1S/C19H14BrN3O5/c1-28-18(26)11-3-2-4-13(9-11)21-10-15-16(24)22-19(27)23(17(15)25)14-7-5-12(20)6-8-14/h2-10,15H,1H3,(H,22,24,27)/t15-/m1/s1. The predicted molar refractivity (Wildman–Crippen MR) is 105 cm³/mol. The molecule has 2 aromatic carbocycles. The molecule has 1 aliphatic heterocycles. The Balaban J connectivity index is 1.86. The van der Waals surface area contributed by atoms with Gasteiger partial charge in [0.05, 0.1) is 24.0 Å². The van der Waals surface area contributed by atoms with E-state index in [4.69, 9.17) is 0 Å². The van der Waals surface area contributed by atoms with E-state index in [-0.39, 0.29) is 5.56 Å². The van der Waals surface area contributed by atoms with Crippen molar-refractivity contribution in [2.24, 2.45) is 10.9 Å². The van der Waals surface area contributed by atoms with Gasteiger partial charge in [0.2, 0.25) is 5.91 Å². The number of barbiturate groups is 1. The Morgan fingerprint density at radius 3 is 2.57 bits per heavy atom. The van der Waals surface area contributed by atoms with Gasteiger partial charge < -0.3 is 4.74 Å². The molecule has 0 bridgehead atoms. The van der Waals surface area contributed by atoms with Crippen molar-refractivity contribution in [1.29, 1.82) is 0 Å². The molecule has 9 heteroatoms. The minimum absolute atomic E-state index is 0.281. The van der Waals surface area contributed by atoms with Crippen LogP contribution in [0, 0.1) is 5.92 Å². The number of carbonyl (C=O) groups excluding carboxylic acids is 4. The Labute approximate surface area is 168 Å².